The lowest BCUT2D eigenvalue weighted by Gasteiger charge is -2.40. The smallest absolute Gasteiger partial charge is 0.225 e. The molecule has 4 aromatic heterocycles. The fourth-order valence-electron chi connectivity index (χ4n) is 10.2. The highest BCUT2D eigenvalue weighted by Crippen LogP contribution is 2.60. The fraction of sp³-hybridized carbons (Fsp3) is 0.150. The predicted molar refractivity (Wildman–Crippen MR) is 174 cm³/mol. The summed E-state index contributed by atoms with van der Waals surface area (Å²) in [6.45, 7) is 0. The minimum atomic E-state index is -0.329. The number of aromatic nitrogens is 4. The molecule has 2 aliphatic carbocycles. The second-order valence-corrected chi connectivity index (χ2v) is 13.3. The van der Waals surface area contributed by atoms with Crippen LogP contribution in [0.25, 0.3) is 66.5 Å². The maximum absolute atomic E-state index is 2.81. The van der Waals surface area contributed by atoms with Crippen molar-refractivity contribution < 1.29 is 9.13 Å². The van der Waals surface area contributed by atoms with Crippen LogP contribution in [0.2, 0.25) is 0 Å². The molecule has 1 spiro atoms. The van der Waals surface area contributed by atoms with Crippen molar-refractivity contribution in [3.8, 4) is 22.6 Å². The molecular weight excluding hydrogens is 536 g/mol. The lowest BCUT2D eigenvalue weighted by Crippen LogP contribution is -2.80. The zero-order chi connectivity index (χ0) is 28.3. The summed E-state index contributed by atoms with van der Waals surface area (Å²) in [6, 6.07) is 43.4. The van der Waals surface area contributed by atoms with Gasteiger partial charge in [0.1, 0.15) is 16.7 Å². The zero-order valence-electron chi connectivity index (χ0n) is 24.1. The highest BCUT2D eigenvalue weighted by molar-refractivity contribution is 6.15. The van der Waals surface area contributed by atoms with Crippen molar-refractivity contribution in [3.05, 3.63) is 133 Å². The van der Waals surface area contributed by atoms with E-state index in [-0.39, 0.29) is 5.66 Å². The normalized spacial score (nSPS) is 21.9. The van der Waals surface area contributed by atoms with Gasteiger partial charge in [-0.15, -0.1) is 0 Å². The SMILES string of the molecule is c1ccc(-c2cc[n+]3c(c2)-n2c4ccccc4c4cc5c6ccccc6n6c5[n+](c42)C32c3c(cccc3-6)C3CCCC32)cc1. The molecular formula is C40H28N4+2. The highest BCUT2D eigenvalue weighted by atomic mass is 15.4. The van der Waals surface area contributed by atoms with Crippen molar-refractivity contribution in [2.75, 3.05) is 0 Å². The summed E-state index contributed by atoms with van der Waals surface area (Å²) in [5.74, 6) is 2.31. The van der Waals surface area contributed by atoms with E-state index in [0.29, 0.717) is 11.8 Å². The van der Waals surface area contributed by atoms with Crippen LogP contribution in [-0.2, 0) is 5.66 Å². The van der Waals surface area contributed by atoms with Crippen LogP contribution in [-0.4, -0.2) is 9.13 Å². The first-order valence-corrected chi connectivity index (χ1v) is 16.0. The van der Waals surface area contributed by atoms with E-state index >= 15 is 0 Å². The molecule has 0 bridgehead atoms. The molecule has 3 atom stereocenters. The Bertz CT molecular complexity index is 2600. The molecule has 6 heterocycles. The second-order valence-electron chi connectivity index (χ2n) is 13.3. The summed E-state index contributed by atoms with van der Waals surface area (Å²) in [7, 11) is 0. The number of hydrogen-bond donors (Lipinski definition) is 0. The van der Waals surface area contributed by atoms with E-state index < -0.39 is 0 Å². The van der Waals surface area contributed by atoms with E-state index in [4.69, 9.17) is 0 Å². The van der Waals surface area contributed by atoms with E-state index in [1.165, 1.54) is 91.3 Å². The average Bonchev–Trinajstić information content (AvgIpc) is 3.84. The molecule has 1 saturated carbocycles. The Kier molecular flexibility index (Phi) is 3.70. The summed E-state index contributed by atoms with van der Waals surface area (Å²) in [6.07, 6.45) is 6.20. The van der Waals surface area contributed by atoms with Crippen molar-refractivity contribution >= 4 is 43.9 Å². The fourth-order valence-corrected chi connectivity index (χ4v) is 10.2. The van der Waals surface area contributed by atoms with Gasteiger partial charge in [-0.2, -0.15) is 13.7 Å². The maximum Gasteiger partial charge on any atom is 0.267 e. The number of nitrogens with zero attached hydrogens (tertiary/aromatic N) is 4. The summed E-state index contributed by atoms with van der Waals surface area (Å²) >= 11 is 0. The Morgan fingerprint density at radius 3 is 2.16 bits per heavy atom. The van der Waals surface area contributed by atoms with E-state index in [0.717, 1.165) is 0 Å². The van der Waals surface area contributed by atoms with Crippen molar-refractivity contribution in [3.63, 3.8) is 0 Å². The predicted octanol–water partition coefficient (Wildman–Crippen LogP) is 7.90. The van der Waals surface area contributed by atoms with Crippen molar-refractivity contribution in [1.82, 2.24) is 9.13 Å². The average molecular weight is 565 g/mol. The number of fused-ring (bicyclic) bond motifs is 11. The molecule has 0 radical (unpaired) electrons. The summed E-state index contributed by atoms with van der Waals surface area (Å²) in [5.41, 5.74) is 11.8. The maximum atomic E-state index is 2.81. The number of rotatable bonds is 1. The Hall–Kier alpha value is -5.22. The van der Waals surface area contributed by atoms with Gasteiger partial charge in [0.15, 0.2) is 0 Å². The molecule has 1 fully saturated rings. The highest BCUT2D eigenvalue weighted by Gasteiger charge is 2.68. The molecule has 4 aromatic carbocycles. The Labute approximate surface area is 253 Å². The number of benzene rings is 4. The van der Waals surface area contributed by atoms with Gasteiger partial charge < -0.3 is 0 Å². The van der Waals surface area contributed by atoms with Gasteiger partial charge in [0.05, 0.1) is 22.5 Å². The molecule has 3 unspecified atom stereocenters. The van der Waals surface area contributed by atoms with Gasteiger partial charge in [-0.1, -0.05) is 85.3 Å². The van der Waals surface area contributed by atoms with Gasteiger partial charge in [0.2, 0.25) is 11.3 Å². The minimum Gasteiger partial charge on any atom is -0.225 e. The van der Waals surface area contributed by atoms with Gasteiger partial charge in [-0.3, -0.25) is 0 Å². The molecule has 0 saturated heterocycles. The van der Waals surface area contributed by atoms with Gasteiger partial charge in [0.25, 0.3) is 11.5 Å². The third kappa shape index (κ3) is 2.22. The molecule has 8 aromatic rings. The van der Waals surface area contributed by atoms with Crippen LogP contribution in [0.1, 0.15) is 36.3 Å². The summed E-state index contributed by atoms with van der Waals surface area (Å²) in [5, 5.41) is 5.33. The first-order chi connectivity index (χ1) is 21.9. The van der Waals surface area contributed by atoms with E-state index in [1.807, 2.05) is 0 Å². The largest absolute Gasteiger partial charge is 0.267 e. The first kappa shape index (κ1) is 22.3. The summed E-state index contributed by atoms with van der Waals surface area (Å²) < 4.78 is 10.7. The molecule has 44 heavy (non-hydrogen) atoms. The molecule has 4 heteroatoms. The van der Waals surface area contributed by atoms with Crippen molar-refractivity contribution in [1.29, 1.82) is 0 Å². The zero-order valence-corrected chi connectivity index (χ0v) is 24.1. The second kappa shape index (κ2) is 7.28. The van der Waals surface area contributed by atoms with Crippen molar-refractivity contribution in [2.45, 2.75) is 30.8 Å². The molecule has 4 nitrogen and oxygen atoms in total. The van der Waals surface area contributed by atoms with Crippen LogP contribution in [0.15, 0.2) is 121 Å². The number of hydrogen-bond acceptors (Lipinski definition) is 0. The van der Waals surface area contributed by atoms with Crippen molar-refractivity contribution in [2.24, 2.45) is 5.92 Å². The Morgan fingerprint density at radius 1 is 0.614 bits per heavy atom. The lowest BCUT2D eigenvalue weighted by atomic mass is 9.85. The minimum absolute atomic E-state index is 0.329. The van der Waals surface area contributed by atoms with E-state index in [1.54, 1.807) is 5.56 Å². The lowest BCUT2D eigenvalue weighted by molar-refractivity contribution is -0.975. The molecule has 2 aliphatic heterocycles. The summed E-state index contributed by atoms with van der Waals surface area (Å²) in [4.78, 5) is 0. The Morgan fingerprint density at radius 2 is 1.34 bits per heavy atom. The van der Waals surface area contributed by atoms with Crippen LogP contribution in [0.4, 0.5) is 0 Å². The number of para-hydroxylation sites is 2. The van der Waals surface area contributed by atoms with Crippen LogP contribution in [0, 0.1) is 5.92 Å². The quantitative estimate of drug-likeness (QED) is 0.181. The van der Waals surface area contributed by atoms with Crippen LogP contribution in [0.5, 0.6) is 0 Å². The van der Waals surface area contributed by atoms with Crippen LogP contribution in [0.3, 0.4) is 0 Å². The monoisotopic (exact) mass is 564 g/mol. The van der Waals surface area contributed by atoms with Gasteiger partial charge in [-0.05, 0) is 65.8 Å². The van der Waals surface area contributed by atoms with E-state index in [9.17, 15) is 0 Å². The molecule has 206 valence electrons. The number of pyridine rings is 2. The van der Waals surface area contributed by atoms with E-state index in [2.05, 4.69) is 140 Å². The van der Waals surface area contributed by atoms with Gasteiger partial charge >= 0.3 is 0 Å². The molecule has 0 N–H and O–H groups in total. The first-order valence-electron chi connectivity index (χ1n) is 16.0. The molecule has 4 aliphatic rings. The Balaban J connectivity index is 1.40. The molecule has 12 rings (SSSR count). The standard InChI is InChI=1S/C40H28N4/c1-2-10-24(11-3-1)25-20-21-41-36(22-25)43-34-18-7-5-13-28(34)31-23-30-27-12-4-6-17-33(27)42-35-19-9-15-29-26-14-8-16-32(26)40(41,37(29)35)44(38(30)42)39(31)43/h1-7,9-13,15,17-23,26,32H,8,14,16H2/q+2. The van der Waals surface area contributed by atoms with Crippen LogP contribution >= 0.6 is 0 Å². The third-order valence-corrected chi connectivity index (χ3v) is 11.6. The van der Waals surface area contributed by atoms with Gasteiger partial charge in [-0.25, -0.2) is 4.57 Å². The topological polar surface area (TPSA) is 17.6 Å². The molecule has 0 amide bonds. The van der Waals surface area contributed by atoms with Crippen LogP contribution < -0.4 is 9.13 Å². The van der Waals surface area contributed by atoms with Gasteiger partial charge in [0, 0.05) is 22.8 Å². The third-order valence-electron chi connectivity index (χ3n) is 11.6.